The number of aromatic amines is 1. The minimum Gasteiger partial charge on any atom is -0.353 e. The number of H-pyrrole nitrogens is 1. The van der Waals surface area contributed by atoms with Gasteiger partial charge >= 0.3 is 0 Å². The molecule has 0 fully saturated rings. The Morgan fingerprint density at radius 1 is 0.947 bits per heavy atom. The Labute approximate surface area is 114 Å². The molecule has 19 heavy (non-hydrogen) atoms. The van der Waals surface area contributed by atoms with Crippen LogP contribution in [-0.4, -0.2) is 17.1 Å². The van der Waals surface area contributed by atoms with E-state index in [1.165, 1.54) is 12.1 Å². The standard InChI is InChI=1S/C16H21FN2/c1-11(2)19(12(3)4)16-9-14(10-18-16)13-5-7-15(17)8-6-13/h5-12,18H,1-4H3. The van der Waals surface area contributed by atoms with Gasteiger partial charge in [-0.2, -0.15) is 0 Å². The van der Waals surface area contributed by atoms with Crippen LogP contribution in [0.5, 0.6) is 0 Å². The first kappa shape index (κ1) is 13.7. The van der Waals surface area contributed by atoms with E-state index in [1.54, 1.807) is 12.1 Å². The lowest BCUT2D eigenvalue weighted by Gasteiger charge is -2.31. The van der Waals surface area contributed by atoms with E-state index in [-0.39, 0.29) is 5.82 Å². The summed E-state index contributed by atoms with van der Waals surface area (Å²) in [6.45, 7) is 8.72. The third kappa shape index (κ3) is 2.98. The maximum atomic E-state index is 12.9. The van der Waals surface area contributed by atoms with Crippen molar-refractivity contribution in [2.75, 3.05) is 4.90 Å². The monoisotopic (exact) mass is 260 g/mol. The lowest BCUT2D eigenvalue weighted by atomic mass is 10.1. The molecule has 0 radical (unpaired) electrons. The summed E-state index contributed by atoms with van der Waals surface area (Å²) < 4.78 is 12.9. The van der Waals surface area contributed by atoms with Gasteiger partial charge in [0, 0.05) is 23.8 Å². The number of nitrogens with zero attached hydrogens (tertiary/aromatic N) is 1. The lowest BCUT2D eigenvalue weighted by molar-refractivity contribution is 0.602. The molecule has 0 spiro atoms. The van der Waals surface area contributed by atoms with Crippen molar-refractivity contribution in [2.24, 2.45) is 0 Å². The molecule has 0 aliphatic carbocycles. The van der Waals surface area contributed by atoms with Gasteiger partial charge in [-0.05, 0) is 51.5 Å². The highest BCUT2D eigenvalue weighted by molar-refractivity contribution is 5.67. The van der Waals surface area contributed by atoms with Gasteiger partial charge in [0.1, 0.15) is 11.6 Å². The molecule has 1 N–H and O–H groups in total. The molecule has 0 unspecified atom stereocenters. The number of halogens is 1. The van der Waals surface area contributed by atoms with Crippen LogP contribution in [0.2, 0.25) is 0 Å². The summed E-state index contributed by atoms with van der Waals surface area (Å²) in [4.78, 5) is 5.64. The van der Waals surface area contributed by atoms with E-state index in [2.05, 4.69) is 43.6 Å². The summed E-state index contributed by atoms with van der Waals surface area (Å²) in [5.74, 6) is 0.898. The van der Waals surface area contributed by atoms with Gasteiger partial charge in [0.15, 0.2) is 0 Å². The van der Waals surface area contributed by atoms with E-state index in [4.69, 9.17) is 0 Å². The van der Waals surface area contributed by atoms with Crippen LogP contribution in [0.3, 0.4) is 0 Å². The van der Waals surface area contributed by atoms with Crippen molar-refractivity contribution in [1.82, 2.24) is 4.98 Å². The number of hydrogen-bond donors (Lipinski definition) is 1. The Balaban J connectivity index is 2.30. The van der Waals surface area contributed by atoms with Gasteiger partial charge in [-0.25, -0.2) is 4.39 Å². The van der Waals surface area contributed by atoms with Crippen LogP contribution in [0, 0.1) is 5.82 Å². The third-order valence-electron chi connectivity index (χ3n) is 3.24. The van der Waals surface area contributed by atoms with Gasteiger partial charge in [-0.1, -0.05) is 12.1 Å². The number of rotatable bonds is 4. The second-order valence-electron chi connectivity index (χ2n) is 5.38. The second-order valence-corrected chi connectivity index (χ2v) is 5.38. The zero-order valence-corrected chi connectivity index (χ0v) is 11.9. The van der Waals surface area contributed by atoms with Crippen molar-refractivity contribution in [1.29, 1.82) is 0 Å². The maximum Gasteiger partial charge on any atom is 0.123 e. The van der Waals surface area contributed by atoms with Crippen molar-refractivity contribution >= 4 is 5.82 Å². The predicted molar refractivity (Wildman–Crippen MR) is 78.9 cm³/mol. The Morgan fingerprint density at radius 3 is 2.05 bits per heavy atom. The largest absolute Gasteiger partial charge is 0.353 e. The molecule has 102 valence electrons. The smallest absolute Gasteiger partial charge is 0.123 e. The third-order valence-corrected chi connectivity index (χ3v) is 3.24. The van der Waals surface area contributed by atoms with Gasteiger partial charge in [0.05, 0.1) is 0 Å². The number of anilines is 1. The van der Waals surface area contributed by atoms with Gasteiger partial charge in [0.2, 0.25) is 0 Å². The summed E-state index contributed by atoms with van der Waals surface area (Å²) in [6.07, 6.45) is 1.97. The first-order chi connectivity index (χ1) is 8.99. The maximum absolute atomic E-state index is 12.9. The van der Waals surface area contributed by atoms with Gasteiger partial charge in [-0.3, -0.25) is 0 Å². The fourth-order valence-electron chi connectivity index (χ4n) is 2.49. The van der Waals surface area contributed by atoms with Gasteiger partial charge in [0.25, 0.3) is 0 Å². The molecule has 0 atom stereocenters. The molecule has 2 nitrogen and oxygen atoms in total. The van der Waals surface area contributed by atoms with Crippen LogP contribution in [0.1, 0.15) is 27.7 Å². The van der Waals surface area contributed by atoms with Crippen LogP contribution in [-0.2, 0) is 0 Å². The zero-order chi connectivity index (χ0) is 14.0. The number of aromatic nitrogens is 1. The topological polar surface area (TPSA) is 19.0 Å². The Morgan fingerprint density at radius 2 is 1.53 bits per heavy atom. The predicted octanol–water partition coefficient (Wildman–Crippen LogP) is 4.44. The molecule has 0 saturated carbocycles. The van der Waals surface area contributed by atoms with Crippen LogP contribution < -0.4 is 4.90 Å². The van der Waals surface area contributed by atoms with Crippen LogP contribution in [0.25, 0.3) is 11.1 Å². The first-order valence-corrected chi connectivity index (χ1v) is 6.71. The average Bonchev–Trinajstić information content (AvgIpc) is 2.78. The molecule has 0 bridgehead atoms. The molecule has 2 aromatic rings. The Hall–Kier alpha value is -1.77. The molecule has 0 amide bonds. The number of nitrogens with one attached hydrogen (secondary N) is 1. The summed E-state index contributed by atoms with van der Waals surface area (Å²) in [5, 5.41) is 0. The van der Waals surface area contributed by atoms with Crippen molar-refractivity contribution in [3.8, 4) is 11.1 Å². The highest BCUT2D eigenvalue weighted by atomic mass is 19.1. The zero-order valence-electron chi connectivity index (χ0n) is 11.9. The summed E-state index contributed by atoms with van der Waals surface area (Å²) >= 11 is 0. The van der Waals surface area contributed by atoms with Crippen LogP contribution in [0.15, 0.2) is 36.5 Å². The minimum absolute atomic E-state index is 0.203. The summed E-state index contributed by atoms with van der Waals surface area (Å²) in [5.41, 5.74) is 2.11. The van der Waals surface area contributed by atoms with Gasteiger partial charge in [-0.15, -0.1) is 0 Å². The average molecular weight is 260 g/mol. The molecule has 1 aromatic carbocycles. The molecule has 2 rings (SSSR count). The normalized spacial score (nSPS) is 11.3. The summed E-state index contributed by atoms with van der Waals surface area (Å²) in [6, 6.07) is 9.57. The molecular weight excluding hydrogens is 239 g/mol. The number of benzene rings is 1. The SMILES string of the molecule is CC(C)N(c1cc(-c2ccc(F)cc2)c[nH]1)C(C)C. The second kappa shape index (κ2) is 5.47. The molecule has 0 aliphatic heterocycles. The van der Waals surface area contributed by atoms with E-state index >= 15 is 0 Å². The minimum atomic E-state index is -0.203. The molecule has 1 heterocycles. The highest BCUT2D eigenvalue weighted by Crippen LogP contribution is 2.26. The molecule has 0 saturated heterocycles. The Bertz CT molecular complexity index is 518. The lowest BCUT2D eigenvalue weighted by Crippen LogP contribution is -2.37. The van der Waals surface area contributed by atoms with E-state index in [9.17, 15) is 4.39 Å². The van der Waals surface area contributed by atoms with Crippen molar-refractivity contribution in [3.05, 3.63) is 42.3 Å². The van der Waals surface area contributed by atoms with E-state index in [1.807, 2.05) is 6.20 Å². The van der Waals surface area contributed by atoms with Gasteiger partial charge < -0.3 is 9.88 Å². The Kier molecular flexibility index (Phi) is 3.93. The first-order valence-electron chi connectivity index (χ1n) is 6.71. The van der Waals surface area contributed by atoms with Crippen molar-refractivity contribution < 1.29 is 4.39 Å². The molecule has 3 heteroatoms. The fourth-order valence-corrected chi connectivity index (χ4v) is 2.49. The summed E-state index contributed by atoms with van der Waals surface area (Å²) in [7, 11) is 0. The quantitative estimate of drug-likeness (QED) is 0.860. The van der Waals surface area contributed by atoms with Crippen LogP contribution in [0.4, 0.5) is 10.2 Å². The molecular formula is C16H21FN2. The molecule has 0 aliphatic rings. The molecule has 1 aromatic heterocycles. The van der Waals surface area contributed by atoms with Crippen molar-refractivity contribution in [3.63, 3.8) is 0 Å². The van der Waals surface area contributed by atoms with E-state index < -0.39 is 0 Å². The van der Waals surface area contributed by atoms with E-state index in [0.29, 0.717) is 12.1 Å². The highest BCUT2D eigenvalue weighted by Gasteiger charge is 2.16. The van der Waals surface area contributed by atoms with E-state index in [0.717, 1.165) is 16.9 Å². The fraction of sp³-hybridized carbons (Fsp3) is 0.375. The van der Waals surface area contributed by atoms with Crippen molar-refractivity contribution in [2.45, 2.75) is 39.8 Å². The van der Waals surface area contributed by atoms with Crippen LogP contribution >= 0.6 is 0 Å². The number of hydrogen-bond acceptors (Lipinski definition) is 1.